The summed E-state index contributed by atoms with van der Waals surface area (Å²) in [5, 5.41) is 18.3. The van der Waals surface area contributed by atoms with Gasteiger partial charge in [0.1, 0.15) is 0 Å². The Hall–Kier alpha value is -2.71. The van der Waals surface area contributed by atoms with E-state index in [0.29, 0.717) is 55.0 Å². The molecule has 0 unspecified atom stereocenters. The third kappa shape index (κ3) is 4.56. The van der Waals surface area contributed by atoms with Crippen molar-refractivity contribution in [2.24, 2.45) is 0 Å². The molecule has 4 rings (SSSR count). The zero-order valence-corrected chi connectivity index (χ0v) is 19.3. The van der Waals surface area contributed by atoms with Gasteiger partial charge in [-0.2, -0.15) is 9.57 Å². The van der Waals surface area contributed by atoms with Crippen LogP contribution in [0.1, 0.15) is 12.0 Å². The first-order valence-corrected chi connectivity index (χ1v) is 12.6. The molecule has 166 valence electrons. The lowest BCUT2D eigenvalue weighted by atomic mass is 10.1. The molecule has 10 heteroatoms. The van der Waals surface area contributed by atoms with E-state index in [1.807, 2.05) is 41.8 Å². The van der Waals surface area contributed by atoms with Crippen LogP contribution in [0, 0.1) is 18.3 Å². The molecule has 0 saturated carbocycles. The summed E-state index contributed by atoms with van der Waals surface area (Å²) in [7, 11) is -3.64. The van der Waals surface area contributed by atoms with Gasteiger partial charge in [0, 0.05) is 36.5 Å². The molecule has 2 aromatic carbocycles. The summed E-state index contributed by atoms with van der Waals surface area (Å²) in [6.45, 7) is 3.39. The minimum Gasteiger partial charge on any atom is -0.379 e. The van der Waals surface area contributed by atoms with Crippen LogP contribution in [0.25, 0.3) is 17.1 Å². The van der Waals surface area contributed by atoms with E-state index in [0.717, 1.165) is 11.3 Å². The van der Waals surface area contributed by atoms with E-state index in [1.165, 1.54) is 16.1 Å². The van der Waals surface area contributed by atoms with Crippen molar-refractivity contribution < 1.29 is 13.2 Å². The predicted molar refractivity (Wildman–Crippen MR) is 122 cm³/mol. The second kappa shape index (κ2) is 9.83. The normalized spacial score (nSPS) is 14.9. The Balaban J connectivity index is 1.80. The Morgan fingerprint density at radius 2 is 1.88 bits per heavy atom. The summed E-state index contributed by atoms with van der Waals surface area (Å²) in [6.07, 6.45) is 0.397. The summed E-state index contributed by atoms with van der Waals surface area (Å²) in [4.78, 5) is 0.223. The molecule has 1 aliphatic rings. The summed E-state index contributed by atoms with van der Waals surface area (Å²) in [5.41, 5.74) is 2.46. The number of rotatable bonds is 7. The van der Waals surface area contributed by atoms with Gasteiger partial charge >= 0.3 is 0 Å². The van der Waals surface area contributed by atoms with E-state index in [1.54, 1.807) is 18.2 Å². The van der Waals surface area contributed by atoms with Gasteiger partial charge in [0.05, 0.1) is 24.2 Å². The number of sulfonamides is 1. The van der Waals surface area contributed by atoms with Crippen molar-refractivity contribution >= 4 is 21.8 Å². The highest BCUT2D eigenvalue weighted by atomic mass is 32.2. The molecular weight excluding hydrogens is 446 g/mol. The molecule has 0 amide bonds. The number of ether oxygens (including phenoxy) is 1. The Morgan fingerprint density at radius 1 is 1.12 bits per heavy atom. The molecule has 0 atom stereocenters. The van der Waals surface area contributed by atoms with Gasteiger partial charge in [-0.25, -0.2) is 8.42 Å². The van der Waals surface area contributed by atoms with Gasteiger partial charge in [-0.3, -0.25) is 4.57 Å². The summed E-state index contributed by atoms with van der Waals surface area (Å²) in [5.74, 6) is 1.15. The van der Waals surface area contributed by atoms with Crippen LogP contribution in [0.5, 0.6) is 0 Å². The van der Waals surface area contributed by atoms with Crippen LogP contribution < -0.4 is 0 Å². The average molecular weight is 470 g/mol. The third-order valence-electron chi connectivity index (χ3n) is 5.15. The summed E-state index contributed by atoms with van der Waals surface area (Å²) in [6, 6.07) is 16.9. The van der Waals surface area contributed by atoms with Gasteiger partial charge < -0.3 is 4.74 Å². The van der Waals surface area contributed by atoms with Crippen molar-refractivity contribution in [2.45, 2.75) is 23.4 Å². The first-order valence-electron chi connectivity index (χ1n) is 10.2. The predicted octanol–water partition coefficient (Wildman–Crippen LogP) is 3.27. The van der Waals surface area contributed by atoms with Crippen LogP contribution in [0.3, 0.4) is 0 Å². The molecule has 0 N–H and O–H groups in total. The molecule has 0 spiro atoms. The van der Waals surface area contributed by atoms with Crippen LogP contribution in [0.2, 0.25) is 0 Å². The molecule has 2 heterocycles. The standard InChI is InChI=1S/C22H23N5O3S2/c1-17-8-9-19(32(28,29)26-11-13-30-14-12-26)16-20(17)21-24-25-22(31-15-5-10-23)27(21)18-6-3-2-4-7-18/h2-4,6-9,16H,5,11-15H2,1H3. The number of morpholine rings is 1. The highest BCUT2D eigenvalue weighted by Crippen LogP contribution is 2.32. The lowest BCUT2D eigenvalue weighted by Gasteiger charge is -2.26. The van der Waals surface area contributed by atoms with Crippen LogP contribution in [0.4, 0.5) is 0 Å². The maximum absolute atomic E-state index is 13.2. The molecular formula is C22H23N5O3S2. The average Bonchev–Trinajstić information content (AvgIpc) is 3.24. The van der Waals surface area contributed by atoms with E-state index in [9.17, 15) is 8.42 Å². The highest BCUT2D eigenvalue weighted by Gasteiger charge is 2.28. The molecule has 0 radical (unpaired) electrons. The van der Waals surface area contributed by atoms with Gasteiger partial charge in [-0.1, -0.05) is 36.0 Å². The Bertz CT molecular complexity index is 1230. The van der Waals surface area contributed by atoms with E-state index >= 15 is 0 Å². The Morgan fingerprint density at radius 3 is 2.59 bits per heavy atom. The second-order valence-electron chi connectivity index (χ2n) is 7.23. The van der Waals surface area contributed by atoms with Crippen molar-refractivity contribution in [3.05, 3.63) is 54.1 Å². The SMILES string of the molecule is Cc1ccc(S(=O)(=O)N2CCOCC2)cc1-c1nnc(SCCC#N)n1-c1ccccc1. The van der Waals surface area contributed by atoms with Crippen molar-refractivity contribution in [3.63, 3.8) is 0 Å². The van der Waals surface area contributed by atoms with Gasteiger partial charge in [-0.15, -0.1) is 10.2 Å². The molecule has 0 aliphatic carbocycles. The fraction of sp³-hybridized carbons (Fsp3) is 0.318. The Kier molecular flexibility index (Phi) is 6.91. The summed E-state index contributed by atoms with van der Waals surface area (Å²) >= 11 is 1.45. The van der Waals surface area contributed by atoms with Crippen LogP contribution >= 0.6 is 11.8 Å². The number of para-hydroxylation sites is 1. The molecule has 1 saturated heterocycles. The monoisotopic (exact) mass is 469 g/mol. The molecule has 1 aromatic heterocycles. The van der Waals surface area contributed by atoms with Gasteiger partial charge in [0.2, 0.25) is 10.0 Å². The van der Waals surface area contributed by atoms with E-state index < -0.39 is 10.0 Å². The molecule has 3 aromatic rings. The smallest absolute Gasteiger partial charge is 0.243 e. The number of aryl methyl sites for hydroxylation is 1. The quantitative estimate of drug-likeness (QED) is 0.387. The number of nitriles is 1. The molecule has 1 fully saturated rings. The largest absolute Gasteiger partial charge is 0.379 e. The van der Waals surface area contributed by atoms with Crippen LogP contribution in [0.15, 0.2) is 58.6 Å². The minimum atomic E-state index is -3.64. The second-order valence-corrected chi connectivity index (χ2v) is 10.2. The lowest BCUT2D eigenvalue weighted by molar-refractivity contribution is 0.0730. The van der Waals surface area contributed by atoms with Crippen LogP contribution in [-0.4, -0.2) is 59.5 Å². The maximum Gasteiger partial charge on any atom is 0.243 e. The van der Waals surface area contributed by atoms with Crippen molar-refractivity contribution in [3.8, 4) is 23.1 Å². The van der Waals surface area contributed by atoms with Gasteiger partial charge in [-0.05, 0) is 36.8 Å². The van der Waals surface area contributed by atoms with Gasteiger partial charge in [0.25, 0.3) is 0 Å². The number of aromatic nitrogens is 3. The molecule has 1 aliphatic heterocycles. The van der Waals surface area contributed by atoms with E-state index in [4.69, 9.17) is 10.00 Å². The number of benzene rings is 2. The van der Waals surface area contributed by atoms with Crippen molar-refractivity contribution in [2.75, 3.05) is 32.1 Å². The first kappa shape index (κ1) is 22.5. The van der Waals surface area contributed by atoms with Crippen molar-refractivity contribution in [1.29, 1.82) is 5.26 Å². The zero-order valence-electron chi connectivity index (χ0n) is 17.6. The number of nitrogens with zero attached hydrogens (tertiary/aromatic N) is 5. The van der Waals surface area contributed by atoms with Crippen LogP contribution in [-0.2, 0) is 14.8 Å². The summed E-state index contributed by atoms with van der Waals surface area (Å²) < 4.78 is 35.1. The lowest BCUT2D eigenvalue weighted by Crippen LogP contribution is -2.40. The van der Waals surface area contributed by atoms with E-state index in [-0.39, 0.29) is 4.90 Å². The van der Waals surface area contributed by atoms with E-state index in [2.05, 4.69) is 16.3 Å². The van der Waals surface area contributed by atoms with Gasteiger partial charge in [0.15, 0.2) is 11.0 Å². The third-order valence-corrected chi connectivity index (χ3v) is 7.98. The molecule has 0 bridgehead atoms. The fourth-order valence-corrected chi connectivity index (χ4v) is 5.70. The minimum absolute atomic E-state index is 0.223. The first-order chi connectivity index (χ1) is 15.5. The zero-order chi connectivity index (χ0) is 22.6. The number of thioether (sulfide) groups is 1. The topological polar surface area (TPSA) is 101 Å². The number of hydrogen-bond donors (Lipinski definition) is 0. The molecule has 32 heavy (non-hydrogen) atoms. The molecule has 8 nitrogen and oxygen atoms in total. The highest BCUT2D eigenvalue weighted by molar-refractivity contribution is 7.99. The maximum atomic E-state index is 13.2. The van der Waals surface area contributed by atoms with Crippen molar-refractivity contribution in [1.82, 2.24) is 19.1 Å². The number of hydrogen-bond acceptors (Lipinski definition) is 7. The Labute approximate surface area is 191 Å². The fourth-order valence-electron chi connectivity index (χ4n) is 3.47.